The van der Waals surface area contributed by atoms with Gasteiger partial charge < -0.3 is 4.57 Å². The van der Waals surface area contributed by atoms with E-state index in [2.05, 4.69) is 126 Å². The zero-order valence-corrected chi connectivity index (χ0v) is 27.5. The van der Waals surface area contributed by atoms with Crippen molar-refractivity contribution in [2.24, 2.45) is 0 Å². The summed E-state index contributed by atoms with van der Waals surface area (Å²) < 4.78 is 4.92. The first kappa shape index (κ1) is 28.4. The summed E-state index contributed by atoms with van der Waals surface area (Å²) in [5.41, 5.74) is 7.74. The van der Waals surface area contributed by atoms with Crippen molar-refractivity contribution < 1.29 is 0 Å². The van der Waals surface area contributed by atoms with Gasteiger partial charge in [-0.05, 0) is 53.2 Å². The van der Waals surface area contributed by atoms with Gasteiger partial charge in [0.05, 0.1) is 22.4 Å². The molecule has 3 aromatic heterocycles. The maximum absolute atomic E-state index is 10.8. The summed E-state index contributed by atoms with van der Waals surface area (Å²) >= 11 is 1.83. The Bertz CT molecular complexity index is 2990. The summed E-state index contributed by atoms with van der Waals surface area (Å²) in [5, 5.41) is 17.8. The molecule has 0 amide bonds. The smallest absolute Gasteiger partial charge is 0.160 e. The van der Waals surface area contributed by atoms with E-state index >= 15 is 0 Å². The van der Waals surface area contributed by atoms with Crippen molar-refractivity contribution in [2.75, 3.05) is 0 Å². The molecule has 0 bridgehead atoms. The number of aromatic nitrogens is 3. The van der Waals surface area contributed by atoms with Gasteiger partial charge in [0, 0.05) is 53.3 Å². The van der Waals surface area contributed by atoms with Gasteiger partial charge in [-0.3, -0.25) is 0 Å². The number of benzene rings is 7. The van der Waals surface area contributed by atoms with Gasteiger partial charge in [-0.25, -0.2) is 9.97 Å². The van der Waals surface area contributed by atoms with Crippen molar-refractivity contribution in [3.8, 4) is 45.7 Å². The van der Waals surface area contributed by atoms with Gasteiger partial charge >= 0.3 is 0 Å². The number of rotatable bonds is 4. The lowest BCUT2D eigenvalue weighted by Crippen LogP contribution is -2.01. The Labute approximate surface area is 291 Å². The number of nitriles is 1. The van der Waals surface area contributed by atoms with Crippen molar-refractivity contribution in [3.63, 3.8) is 0 Å². The molecule has 0 saturated heterocycles. The third-order valence-electron chi connectivity index (χ3n) is 9.63. The summed E-state index contributed by atoms with van der Waals surface area (Å²) in [5.74, 6) is 0.584. The summed E-state index contributed by atoms with van der Waals surface area (Å²) in [6, 6.07) is 57.3. The highest BCUT2D eigenvalue weighted by Crippen LogP contribution is 2.44. The molecule has 0 aliphatic rings. The third-order valence-corrected chi connectivity index (χ3v) is 10.8. The van der Waals surface area contributed by atoms with Crippen molar-refractivity contribution in [1.29, 1.82) is 5.26 Å². The van der Waals surface area contributed by atoms with Crippen LogP contribution in [0.15, 0.2) is 158 Å². The van der Waals surface area contributed by atoms with E-state index < -0.39 is 0 Å². The molecule has 0 atom stereocenters. The molecule has 0 aliphatic heterocycles. The standard InChI is InChI=1S/C45H26N4S/c46-27-37-42(31-20-19-28-11-7-8-14-30(28)25-31)47-45(29-12-3-1-4-13-29)48-43(37)32-21-23-38-36(26-32)34-22-24-40-41(35-17-9-10-18-39(35)50-40)44(34)49(38)33-15-5-2-6-16-33/h1-26H. The normalized spacial score (nSPS) is 11.6. The van der Waals surface area contributed by atoms with Crippen LogP contribution in [0, 0.1) is 11.3 Å². The summed E-state index contributed by atoms with van der Waals surface area (Å²) in [6.45, 7) is 0. The maximum atomic E-state index is 10.8. The maximum Gasteiger partial charge on any atom is 0.160 e. The lowest BCUT2D eigenvalue weighted by Gasteiger charge is -2.13. The first-order chi connectivity index (χ1) is 24.7. The number of thiophene rings is 1. The molecule has 10 aromatic rings. The van der Waals surface area contributed by atoms with E-state index in [1.807, 2.05) is 53.8 Å². The molecule has 0 aliphatic carbocycles. The van der Waals surface area contributed by atoms with Crippen molar-refractivity contribution in [1.82, 2.24) is 14.5 Å². The minimum Gasteiger partial charge on any atom is -0.309 e. The van der Waals surface area contributed by atoms with E-state index in [1.54, 1.807) is 0 Å². The van der Waals surface area contributed by atoms with E-state index in [0.717, 1.165) is 49.4 Å². The zero-order valence-electron chi connectivity index (χ0n) is 26.7. The number of nitrogens with zero attached hydrogens (tertiary/aromatic N) is 4. The van der Waals surface area contributed by atoms with Gasteiger partial charge in [0.1, 0.15) is 11.6 Å². The van der Waals surface area contributed by atoms with Gasteiger partial charge in [-0.2, -0.15) is 5.26 Å². The van der Waals surface area contributed by atoms with Crippen LogP contribution in [0.3, 0.4) is 0 Å². The molecule has 50 heavy (non-hydrogen) atoms. The molecule has 4 nitrogen and oxygen atoms in total. The second-order valence-electron chi connectivity index (χ2n) is 12.5. The molecule has 0 N–H and O–H groups in total. The van der Waals surface area contributed by atoms with E-state index in [1.165, 1.54) is 25.7 Å². The van der Waals surface area contributed by atoms with Crippen molar-refractivity contribution in [3.05, 3.63) is 163 Å². The molecule has 0 fully saturated rings. The van der Waals surface area contributed by atoms with Crippen molar-refractivity contribution in [2.45, 2.75) is 0 Å². The highest BCUT2D eigenvalue weighted by Gasteiger charge is 2.22. The monoisotopic (exact) mass is 654 g/mol. The van der Waals surface area contributed by atoms with Crippen LogP contribution in [-0.2, 0) is 0 Å². The summed E-state index contributed by atoms with van der Waals surface area (Å²) in [6.07, 6.45) is 0. The molecule has 0 radical (unpaired) electrons. The highest BCUT2D eigenvalue weighted by molar-refractivity contribution is 7.26. The Hall–Kier alpha value is -6.61. The Balaban J connectivity index is 1.28. The molecular formula is C45H26N4S. The van der Waals surface area contributed by atoms with Crippen LogP contribution in [0.4, 0.5) is 0 Å². The first-order valence-electron chi connectivity index (χ1n) is 16.6. The average molecular weight is 655 g/mol. The Kier molecular flexibility index (Phi) is 6.38. The number of hydrogen-bond donors (Lipinski definition) is 0. The zero-order chi connectivity index (χ0) is 33.2. The number of fused-ring (bicyclic) bond motifs is 8. The van der Waals surface area contributed by atoms with E-state index in [4.69, 9.17) is 9.97 Å². The van der Waals surface area contributed by atoms with Gasteiger partial charge in [-0.1, -0.05) is 115 Å². The van der Waals surface area contributed by atoms with Crippen LogP contribution in [0.25, 0.3) is 92.3 Å². The lowest BCUT2D eigenvalue weighted by atomic mass is 9.97. The molecule has 5 heteroatoms. The first-order valence-corrected chi connectivity index (χ1v) is 17.4. The third kappa shape index (κ3) is 4.36. The van der Waals surface area contributed by atoms with Crippen LogP contribution in [0.5, 0.6) is 0 Å². The topological polar surface area (TPSA) is 54.5 Å². The molecule has 7 aromatic carbocycles. The molecule has 0 spiro atoms. The SMILES string of the molecule is N#Cc1c(-c2ccc3ccccc3c2)nc(-c2ccccc2)nc1-c1ccc2c(c1)c1ccc3sc4ccccc4c3c1n2-c1ccccc1. The largest absolute Gasteiger partial charge is 0.309 e. The van der Waals surface area contributed by atoms with Crippen LogP contribution >= 0.6 is 11.3 Å². The van der Waals surface area contributed by atoms with Crippen LogP contribution in [0.2, 0.25) is 0 Å². The average Bonchev–Trinajstić information content (AvgIpc) is 3.73. The van der Waals surface area contributed by atoms with Gasteiger partial charge in [0.25, 0.3) is 0 Å². The number of para-hydroxylation sites is 1. The molecule has 0 unspecified atom stereocenters. The molecule has 3 heterocycles. The van der Waals surface area contributed by atoms with E-state index in [-0.39, 0.29) is 0 Å². The van der Waals surface area contributed by atoms with Crippen LogP contribution < -0.4 is 0 Å². The molecule has 10 rings (SSSR count). The lowest BCUT2D eigenvalue weighted by molar-refractivity contribution is 1.17. The van der Waals surface area contributed by atoms with E-state index in [9.17, 15) is 5.26 Å². The minimum absolute atomic E-state index is 0.456. The molecular weight excluding hydrogens is 629 g/mol. The second-order valence-corrected chi connectivity index (χ2v) is 13.6. The van der Waals surface area contributed by atoms with Crippen molar-refractivity contribution >= 4 is 64.1 Å². The van der Waals surface area contributed by atoms with Gasteiger partial charge in [-0.15, -0.1) is 11.3 Å². The van der Waals surface area contributed by atoms with Crippen LogP contribution in [-0.4, -0.2) is 14.5 Å². The number of hydrogen-bond acceptors (Lipinski definition) is 4. The predicted octanol–water partition coefficient (Wildman–Crippen LogP) is 12.0. The van der Waals surface area contributed by atoms with Gasteiger partial charge in [0.2, 0.25) is 0 Å². The van der Waals surface area contributed by atoms with Gasteiger partial charge in [0.15, 0.2) is 5.82 Å². The Morgan fingerprint density at radius 2 is 1.20 bits per heavy atom. The molecule has 0 saturated carbocycles. The Morgan fingerprint density at radius 1 is 0.520 bits per heavy atom. The fourth-order valence-electron chi connectivity index (χ4n) is 7.35. The summed E-state index contributed by atoms with van der Waals surface area (Å²) in [4.78, 5) is 10.2. The van der Waals surface area contributed by atoms with E-state index in [0.29, 0.717) is 22.8 Å². The fraction of sp³-hybridized carbons (Fsp3) is 0. The fourth-order valence-corrected chi connectivity index (χ4v) is 8.45. The minimum atomic E-state index is 0.456. The highest BCUT2D eigenvalue weighted by atomic mass is 32.1. The molecule has 232 valence electrons. The quantitative estimate of drug-likeness (QED) is 0.190. The second kappa shape index (κ2) is 11.2. The van der Waals surface area contributed by atoms with Crippen LogP contribution in [0.1, 0.15) is 5.56 Å². The Morgan fingerprint density at radius 3 is 2.00 bits per heavy atom. The summed E-state index contributed by atoms with van der Waals surface area (Å²) in [7, 11) is 0. The predicted molar refractivity (Wildman–Crippen MR) is 208 cm³/mol.